The molecule has 1 saturated carbocycles. The molecule has 1 aliphatic carbocycles. The molecule has 32 heavy (non-hydrogen) atoms. The first-order valence-corrected chi connectivity index (χ1v) is 10.2. The Morgan fingerprint density at radius 3 is 2.56 bits per heavy atom. The molecule has 8 nitrogen and oxygen atoms in total. The van der Waals surface area contributed by atoms with Gasteiger partial charge in [-0.05, 0) is 32.8 Å². The number of carbonyl (C=O) groups is 2. The van der Waals surface area contributed by atoms with Gasteiger partial charge in [0.2, 0.25) is 5.43 Å². The number of aromatic hydroxyl groups is 1. The predicted octanol–water partition coefficient (Wildman–Crippen LogP) is 1.52. The van der Waals surface area contributed by atoms with Gasteiger partial charge in [-0.3, -0.25) is 14.4 Å². The molecule has 0 saturated heterocycles. The minimum absolute atomic E-state index is 0.0206. The molecule has 1 aromatic heterocycles. The predicted molar refractivity (Wildman–Crippen MR) is 109 cm³/mol. The Balaban J connectivity index is 1.67. The molecule has 10 heteroatoms. The van der Waals surface area contributed by atoms with E-state index in [1.54, 1.807) is 4.90 Å². The van der Waals surface area contributed by atoms with Gasteiger partial charge in [0.15, 0.2) is 11.4 Å². The van der Waals surface area contributed by atoms with Gasteiger partial charge in [0, 0.05) is 37.0 Å². The largest absolute Gasteiger partial charge is 0.503 e. The lowest BCUT2D eigenvalue weighted by atomic mass is 9.71. The molecule has 0 radical (unpaired) electrons. The van der Waals surface area contributed by atoms with E-state index >= 15 is 0 Å². The van der Waals surface area contributed by atoms with Crippen LogP contribution in [0.2, 0.25) is 0 Å². The molecule has 2 amide bonds. The van der Waals surface area contributed by atoms with E-state index in [4.69, 9.17) is 0 Å². The Morgan fingerprint density at radius 1 is 1.28 bits per heavy atom. The maximum Gasteiger partial charge on any atom is 0.275 e. The molecule has 2 aromatic rings. The van der Waals surface area contributed by atoms with Crippen LogP contribution in [0.25, 0.3) is 0 Å². The Bertz CT molecular complexity index is 1170. The SMILES string of the molecule is CC(C)N1C(=O)c2c(O)c(=O)c(C(=O)NCc3ccc(F)cc3F)cn2CC12CC(O)C2. The molecule has 2 heterocycles. The zero-order valence-electron chi connectivity index (χ0n) is 17.6. The Kier molecular flexibility index (Phi) is 5.28. The van der Waals surface area contributed by atoms with E-state index in [0.717, 1.165) is 6.07 Å². The lowest BCUT2D eigenvalue weighted by Gasteiger charge is -2.57. The molecule has 1 aromatic carbocycles. The van der Waals surface area contributed by atoms with Crippen LogP contribution in [-0.2, 0) is 13.1 Å². The summed E-state index contributed by atoms with van der Waals surface area (Å²) < 4.78 is 28.2. The quantitative estimate of drug-likeness (QED) is 0.658. The van der Waals surface area contributed by atoms with E-state index in [9.17, 15) is 33.4 Å². The first-order valence-electron chi connectivity index (χ1n) is 10.2. The van der Waals surface area contributed by atoms with E-state index in [-0.39, 0.29) is 30.4 Å². The molecule has 0 bridgehead atoms. The van der Waals surface area contributed by atoms with Crippen molar-refractivity contribution in [2.75, 3.05) is 0 Å². The summed E-state index contributed by atoms with van der Waals surface area (Å²) in [4.78, 5) is 40.0. The highest BCUT2D eigenvalue weighted by Gasteiger charge is 2.54. The van der Waals surface area contributed by atoms with Crippen LogP contribution < -0.4 is 10.7 Å². The lowest BCUT2D eigenvalue weighted by molar-refractivity contribution is -0.0860. The fourth-order valence-corrected chi connectivity index (χ4v) is 4.74. The number of benzene rings is 1. The minimum Gasteiger partial charge on any atom is -0.503 e. The van der Waals surface area contributed by atoms with Crippen molar-refractivity contribution in [2.24, 2.45) is 0 Å². The number of nitrogens with zero attached hydrogens (tertiary/aromatic N) is 2. The van der Waals surface area contributed by atoms with Crippen molar-refractivity contribution in [1.29, 1.82) is 0 Å². The number of rotatable bonds is 4. The zero-order chi connectivity index (χ0) is 23.4. The smallest absolute Gasteiger partial charge is 0.275 e. The fourth-order valence-electron chi connectivity index (χ4n) is 4.74. The van der Waals surface area contributed by atoms with Crippen LogP contribution in [0.5, 0.6) is 5.75 Å². The number of fused-ring (bicyclic) bond motifs is 1. The molecule has 0 atom stereocenters. The van der Waals surface area contributed by atoms with Crippen molar-refractivity contribution >= 4 is 11.8 Å². The maximum absolute atomic E-state index is 13.8. The number of aliphatic hydroxyl groups excluding tert-OH is 1. The van der Waals surface area contributed by atoms with E-state index in [0.29, 0.717) is 18.9 Å². The summed E-state index contributed by atoms with van der Waals surface area (Å²) >= 11 is 0. The second-order valence-corrected chi connectivity index (χ2v) is 8.67. The van der Waals surface area contributed by atoms with Crippen molar-refractivity contribution in [3.63, 3.8) is 0 Å². The third-order valence-electron chi connectivity index (χ3n) is 6.10. The lowest BCUT2D eigenvalue weighted by Crippen LogP contribution is -2.68. The highest BCUT2D eigenvalue weighted by Crippen LogP contribution is 2.44. The van der Waals surface area contributed by atoms with Crippen LogP contribution in [0.4, 0.5) is 8.78 Å². The van der Waals surface area contributed by atoms with Crippen LogP contribution in [0.3, 0.4) is 0 Å². The number of amides is 2. The maximum atomic E-state index is 13.8. The minimum atomic E-state index is -1.02. The van der Waals surface area contributed by atoms with E-state index in [1.165, 1.54) is 16.8 Å². The van der Waals surface area contributed by atoms with Crippen molar-refractivity contribution in [1.82, 2.24) is 14.8 Å². The number of nitrogens with one attached hydrogen (secondary N) is 1. The topological polar surface area (TPSA) is 112 Å². The molecule has 4 rings (SSSR count). The normalized spacial score (nSPS) is 22.1. The first-order chi connectivity index (χ1) is 15.0. The summed E-state index contributed by atoms with van der Waals surface area (Å²) in [5, 5.41) is 22.8. The van der Waals surface area contributed by atoms with E-state index in [2.05, 4.69) is 5.32 Å². The molecule has 2 aliphatic rings. The summed E-state index contributed by atoms with van der Waals surface area (Å²) in [5.74, 6) is -3.86. The highest BCUT2D eigenvalue weighted by molar-refractivity contribution is 5.99. The summed E-state index contributed by atoms with van der Waals surface area (Å²) in [6, 6.07) is 2.67. The van der Waals surface area contributed by atoms with E-state index < -0.39 is 51.8 Å². The van der Waals surface area contributed by atoms with Gasteiger partial charge in [0.05, 0.1) is 11.6 Å². The monoisotopic (exact) mass is 447 g/mol. The van der Waals surface area contributed by atoms with Crippen LogP contribution in [0.15, 0.2) is 29.2 Å². The average molecular weight is 447 g/mol. The standard InChI is InChI=1S/C22H23F2N3O5/c1-11(2)27-21(32)17-19(30)18(29)15(9-26(17)10-22(27)6-14(28)7-22)20(31)25-8-12-3-4-13(23)5-16(12)24/h3-5,9,11,14,28,30H,6-8,10H2,1-2H3,(H,25,31). The van der Waals surface area contributed by atoms with Gasteiger partial charge in [-0.15, -0.1) is 0 Å². The van der Waals surface area contributed by atoms with E-state index in [1.807, 2.05) is 13.8 Å². The third-order valence-corrected chi connectivity index (χ3v) is 6.10. The molecule has 170 valence electrons. The first kappa shape index (κ1) is 21.9. The molecular weight excluding hydrogens is 424 g/mol. The third kappa shape index (κ3) is 3.44. The number of aliphatic hydroxyl groups is 1. The van der Waals surface area contributed by atoms with Gasteiger partial charge in [-0.25, -0.2) is 8.78 Å². The zero-order valence-corrected chi connectivity index (χ0v) is 17.6. The van der Waals surface area contributed by atoms with Gasteiger partial charge >= 0.3 is 0 Å². The van der Waals surface area contributed by atoms with Crippen LogP contribution >= 0.6 is 0 Å². The van der Waals surface area contributed by atoms with Gasteiger partial charge in [0.1, 0.15) is 17.2 Å². The fraction of sp³-hybridized carbons (Fsp3) is 0.409. The van der Waals surface area contributed by atoms with Crippen molar-refractivity contribution in [3.8, 4) is 5.75 Å². The van der Waals surface area contributed by atoms with Gasteiger partial charge < -0.3 is 25.0 Å². The molecule has 1 spiro atoms. The second kappa shape index (κ2) is 7.70. The molecule has 1 fully saturated rings. The molecule has 3 N–H and O–H groups in total. The summed E-state index contributed by atoms with van der Waals surface area (Å²) in [6.07, 6.45) is 1.32. The van der Waals surface area contributed by atoms with Crippen LogP contribution in [-0.4, -0.2) is 49.2 Å². The van der Waals surface area contributed by atoms with Crippen LogP contribution in [0, 0.1) is 11.6 Å². The highest BCUT2D eigenvalue weighted by atomic mass is 19.1. The second-order valence-electron chi connectivity index (χ2n) is 8.67. The van der Waals surface area contributed by atoms with Crippen molar-refractivity contribution in [2.45, 2.75) is 57.5 Å². The summed E-state index contributed by atoms with van der Waals surface area (Å²) in [7, 11) is 0. The van der Waals surface area contributed by atoms with Gasteiger partial charge in [-0.2, -0.15) is 0 Å². The van der Waals surface area contributed by atoms with Gasteiger partial charge in [-0.1, -0.05) is 6.07 Å². The summed E-state index contributed by atoms with van der Waals surface area (Å²) in [5.41, 5.74) is -2.29. The van der Waals surface area contributed by atoms with Gasteiger partial charge in [0.25, 0.3) is 11.8 Å². The number of aromatic nitrogens is 1. The van der Waals surface area contributed by atoms with Crippen molar-refractivity contribution in [3.05, 3.63) is 63.1 Å². The number of carbonyl (C=O) groups excluding carboxylic acids is 2. The molecule has 1 aliphatic heterocycles. The number of halogens is 2. The molecule has 0 unspecified atom stereocenters. The van der Waals surface area contributed by atoms with Crippen LogP contribution in [0.1, 0.15) is 53.1 Å². The van der Waals surface area contributed by atoms with Crippen molar-refractivity contribution < 1.29 is 28.6 Å². The average Bonchev–Trinajstić information content (AvgIpc) is 2.68. The Labute approximate surface area is 182 Å². The number of pyridine rings is 1. The number of hydrogen-bond acceptors (Lipinski definition) is 5. The Morgan fingerprint density at radius 2 is 1.97 bits per heavy atom. The Hall–Kier alpha value is -3.27. The number of hydrogen-bond donors (Lipinski definition) is 3. The summed E-state index contributed by atoms with van der Waals surface area (Å²) in [6.45, 7) is 3.52. The molecular formula is C22H23F2N3O5.